The number of carbonyl (C=O) groups is 1. The molecule has 5 nitrogen and oxygen atoms in total. The summed E-state index contributed by atoms with van der Waals surface area (Å²) in [6, 6.07) is 0.629. The van der Waals surface area contributed by atoms with E-state index in [4.69, 9.17) is 9.84 Å². The smallest absolute Gasteiger partial charge is 0.307 e. The second-order valence-electron chi connectivity index (χ2n) is 5.14. The summed E-state index contributed by atoms with van der Waals surface area (Å²) in [6.07, 6.45) is 2.76. The largest absolute Gasteiger partial charge is 0.481 e. The number of ether oxygens (including phenoxy) is 1. The number of nitrogens with zero attached hydrogens (tertiary/aromatic N) is 1. The molecule has 2 heterocycles. The lowest BCUT2D eigenvalue weighted by Gasteiger charge is -2.35. The Balaban J connectivity index is 1.65. The first-order valence-electron chi connectivity index (χ1n) is 6.46. The highest BCUT2D eigenvalue weighted by Crippen LogP contribution is 2.22. The van der Waals surface area contributed by atoms with Crippen molar-refractivity contribution in [1.29, 1.82) is 0 Å². The van der Waals surface area contributed by atoms with Gasteiger partial charge in [-0.3, -0.25) is 9.69 Å². The Labute approximate surface area is 102 Å². The number of aliphatic carboxylic acids is 1. The summed E-state index contributed by atoms with van der Waals surface area (Å²) in [5.41, 5.74) is 0. The van der Waals surface area contributed by atoms with E-state index in [1.807, 2.05) is 0 Å². The van der Waals surface area contributed by atoms with Crippen LogP contribution in [0.15, 0.2) is 0 Å². The molecule has 2 aliphatic rings. The van der Waals surface area contributed by atoms with Crippen LogP contribution < -0.4 is 5.32 Å². The second-order valence-corrected chi connectivity index (χ2v) is 5.14. The summed E-state index contributed by atoms with van der Waals surface area (Å²) in [6.45, 7) is 5.99. The average Bonchev–Trinajstić information content (AvgIpc) is 2.75. The van der Waals surface area contributed by atoms with Gasteiger partial charge in [-0.1, -0.05) is 6.92 Å². The SMILES string of the molecule is CC(CNCC1CN2CCCC2CO1)C(=O)O. The van der Waals surface area contributed by atoms with Crippen molar-refractivity contribution in [2.45, 2.75) is 31.9 Å². The maximum Gasteiger partial charge on any atom is 0.307 e. The van der Waals surface area contributed by atoms with Gasteiger partial charge in [0.1, 0.15) is 0 Å². The van der Waals surface area contributed by atoms with Gasteiger partial charge in [-0.15, -0.1) is 0 Å². The molecule has 2 rings (SSSR count). The number of carboxylic acids is 1. The van der Waals surface area contributed by atoms with Gasteiger partial charge in [-0.2, -0.15) is 0 Å². The number of fused-ring (bicyclic) bond motifs is 1. The number of hydrogen-bond acceptors (Lipinski definition) is 4. The second kappa shape index (κ2) is 5.80. The zero-order valence-corrected chi connectivity index (χ0v) is 10.4. The minimum absolute atomic E-state index is 0.213. The number of morpholine rings is 1. The van der Waals surface area contributed by atoms with Gasteiger partial charge >= 0.3 is 5.97 Å². The van der Waals surface area contributed by atoms with Gasteiger partial charge in [0.2, 0.25) is 0 Å². The molecule has 17 heavy (non-hydrogen) atoms. The van der Waals surface area contributed by atoms with Crippen LogP contribution in [-0.4, -0.2) is 60.9 Å². The van der Waals surface area contributed by atoms with Crippen LogP contribution >= 0.6 is 0 Å². The molecule has 0 aromatic rings. The van der Waals surface area contributed by atoms with Gasteiger partial charge < -0.3 is 15.2 Å². The topological polar surface area (TPSA) is 61.8 Å². The molecule has 0 spiro atoms. The van der Waals surface area contributed by atoms with Crippen molar-refractivity contribution in [2.24, 2.45) is 5.92 Å². The van der Waals surface area contributed by atoms with E-state index in [9.17, 15) is 4.79 Å². The van der Waals surface area contributed by atoms with E-state index in [0.29, 0.717) is 12.6 Å². The van der Waals surface area contributed by atoms with E-state index in [1.165, 1.54) is 19.4 Å². The molecule has 2 saturated heterocycles. The highest BCUT2D eigenvalue weighted by atomic mass is 16.5. The first kappa shape index (κ1) is 12.8. The van der Waals surface area contributed by atoms with Gasteiger partial charge in [0, 0.05) is 25.7 Å². The first-order valence-corrected chi connectivity index (χ1v) is 6.46. The van der Waals surface area contributed by atoms with E-state index in [2.05, 4.69) is 10.2 Å². The molecule has 2 aliphatic heterocycles. The predicted octanol–water partition coefficient (Wildman–Crippen LogP) is 0.160. The number of rotatable bonds is 5. The van der Waals surface area contributed by atoms with Gasteiger partial charge in [0.25, 0.3) is 0 Å². The predicted molar refractivity (Wildman–Crippen MR) is 64.0 cm³/mol. The van der Waals surface area contributed by atoms with E-state index in [-0.39, 0.29) is 12.0 Å². The summed E-state index contributed by atoms with van der Waals surface area (Å²) in [7, 11) is 0. The zero-order chi connectivity index (χ0) is 12.3. The maximum absolute atomic E-state index is 10.7. The van der Waals surface area contributed by atoms with Crippen LogP contribution in [0, 0.1) is 5.92 Å². The number of nitrogens with one attached hydrogen (secondary N) is 1. The van der Waals surface area contributed by atoms with Gasteiger partial charge in [-0.25, -0.2) is 0 Å². The number of carboxylic acid groups (broad SMARTS) is 1. The molecular weight excluding hydrogens is 220 g/mol. The van der Waals surface area contributed by atoms with Crippen molar-refractivity contribution in [3.8, 4) is 0 Å². The summed E-state index contributed by atoms with van der Waals surface area (Å²) in [5.74, 6) is -1.08. The molecule has 2 fully saturated rings. The Morgan fingerprint density at radius 2 is 2.47 bits per heavy atom. The van der Waals surface area contributed by atoms with Crippen molar-refractivity contribution < 1.29 is 14.6 Å². The summed E-state index contributed by atoms with van der Waals surface area (Å²) < 4.78 is 5.78. The Kier molecular flexibility index (Phi) is 4.36. The Bertz CT molecular complexity index is 272. The zero-order valence-electron chi connectivity index (χ0n) is 10.4. The lowest BCUT2D eigenvalue weighted by molar-refractivity contribution is -0.141. The fourth-order valence-corrected chi connectivity index (χ4v) is 2.56. The molecule has 0 aromatic heterocycles. The normalized spacial score (nSPS) is 31.1. The van der Waals surface area contributed by atoms with Crippen molar-refractivity contribution >= 4 is 5.97 Å². The average molecular weight is 242 g/mol. The van der Waals surface area contributed by atoms with Crippen LogP contribution in [0.1, 0.15) is 19.8 Å². The molecule has 0 aliphatic carbocycles. The molecule has 0 saturated carbocycles. The molecule has 0 aromatic carbocycles. The third-order valence-corrected chi connectivity index (χ3v) is 3.71. The molecule has 0 amide bonds. The summed E-state index contributed by atoms with van der Waals surface area (Å²) >= 11 is 0. The van der Waals surface area contributed by atoms with Crippen LogP contribution in [0.5, 0.6) is 0 Å². The molecule has 3 atom stereocenters. The Morgan fingerprint density at radius 3 is 3.24 bits per heavy atom. The third kappa shape index (κ3) is 3.40. The Hall–Kier alpha value is -0.650. The van der Waals surface area contributed by atoms with E-state index in [1.54, 1.807) is 6.92 Å². The highest BCUT2D eigenvalue weighted by Gasteiger charge is 2.31. The monoisotopic (exact) mass is 242 g/mol. The first-order chi connectivity index (χ1) is 8.16. The Morgan fingerprint density at radius 1 is 1.65 bits per heavy atom. The minimum atomic E-state index is -0.748. The number of hydrogen-bond donors (Lipinski definition) is 2. The lowest BCUT2D eigenvalue weighted by Crippen LogP contribution is -2.49. The van der Waals surface area contributed by atoms with Gasteiger partial charge in [0.15, 0.2) is 0 Å². The van der Waals surface area contributed by atoms with Gasteiger partial charge in [0.05, 0.1) is 18.6 Å². The van der Waals surface area contributed by atoms with Crippen LogP contribution in [-0.2, 0) is 9.53 Å². The van der Waals surface area contributed by atoms with Gasteiger partial charge in [-0.05, 0) is 19.4 Å². The van der Waals surface area contributed by atoms with E-state index < -0.39 is 5.97 Å². The fourth-order valence-electron chi connectivity index (χ4n) is 2.56. The molecule has 98 valence electrons. The van der Waals surface area contributed by atoms with Crippen molar-refractivity contribution in [3.63, 3.8) is 0 Å². The minimum Gasteiger partial charge on any atom is -0.481 e. The highest BCUT2D eigenvalue weighted by molar-refractivity contribution is 5.69. The fraction of sp³-hybridized carbons (Fsp3) is 0.917. The molecular formula is C12H22N2O3. The van der Waals surface area contributed by atoms with Crippen molar-refractivity contribution in [3.05, 3.63) is 0 Å². The third-order valence-electron chi connectivity index (χ3n) is 3.71. The van der Waals surface area contributed by atoms with Crippen LogP contribution in [0.4, 0.5) is 0 Å². The molecule has 3 unspecified atom stereocenters. The summed E-state index contributed by atoms with van der Waals surface area (Å²) in [5, 5.41) is 11.9. The van der Waals surface area contributed by atoms with Crippen LogP contribution in [0.25, 0.3) is 0 Å². The standard InChI is InChI=1S/C12H22N2O3/c1-9(12(15)16)5-13-6-11-7-14-4-2-3-10(14)8-17-11/h9-11,13H,2-8H2,1H3,(H,15,16). The van der Waals surface area contributed by atoms with E-state index in [0.717, 1.165) is 19.7 Å². The maximum atomic E-state index is 10.7. The molecule has 5 heteroatoms. The van der Waals surface area contributed by atoms with Crippen LogP contribution in [0.2, 0.25) is 0 Å². The van der Waals surface area contributed by atoms with Crippen LogP contribution in [0.3, 0.4) is 0 Å². The molecule has 2 N–H and O–H groups in total. The van der Waals surface area contributed by atoms with Crippen molar-refractivity contribution in [1.82, 2.24) is 10.2 Å². The van der Waals surface area contributed by atoms with E-state index >= 15 is 0 Å². The molecule has 0 bridgehead atoms. The quantitative estimate of drug-likeness (QED) is 0.719. The van der Waals surface area contributed by atoms with Crippen molar-refractivity contribution in [2.75, 3.05) is 32.8 Å². The molecule has 0 radical (unpaired) electrons. The lowest BCUT2D eigenvalue weighted by atomic mass is 10.1. The summed E-state index contributed by atoms with van der Waals surface area (Å²) in [4.78, 5) is 13.1.